The van der Waals surface area contributed by atoms with Gasteiger partial charge in [-0.05, 0) is 39.5 Å². The molecule has 1 aliphatic carbocycles. The lowest BCUT2D eigenvalue weighted by atomic mass is 9.76. The van der Waals surface area contributed by atoms with Gasteiger partial charge in [0.15, 0.2) is 0 Å². The van der Waals surface area contributed by atoms with Crippen LogP contribution in [0.4, 0.5) is 0 Å². The predicted octanol–water partition coefficient (Wildman–Crippen LogP) is 1.20. The molecule has 2 rings (SSSR count). The summed E-state index contributed by atoms with van der Waals surface area (Å²) in [4.78, 5) is 10.9. The minimum Gasteiger partial charge on any atom is -0.480 e. The van der Waals surface area contributed by atoms with Gasteiger partial charge in [0, 0.05) is 5.54 Å². The summed E-state index contributed by atoms with van der Waals surface area (Å²) >= 11 is 0. The van der Waals surface area contributed by atoms with Crippen molar-refractivity contribution in [2.45, 2.75) is 63.4 Å². The summed E-state index contributed by atoms with van der Waals surface area (Å²) < 4.78 is 29.3. The quantitative estimate of drug-likeness (QED) is 0.821. The standard InChI is InChI=1S/C13H21N3O4S/c1-4-13(6-5-7-13)15-21(19,20)12-9(2)14-16(10(12)3)8-11(17)18/h15H,4-8H2,1-3H3,(H,17,18). The van der Waals surface area contributed by atoms with Crippen LogP contribution >= 0.6 is 0 Å². The molecule has 1 aliphatic rings. The fourth-order valence-corrected chi connectivity index (χ4v) is 4.76. The highest BCUT2D eigenvalue weighted by Crippen LogP contribution is 2.36. The molecule has 1 aromatic rings. The minimum atomic E-state index is -3.69. The van der Waals surface area contributed by atoms with E-state index < -0.39 is 16.0 Å². The second-order valence-electron chi connectivity index (χ2n) is 5.64. The van der Waals surface area contributed by atoms with E-state index in [9.17, 15) is 13.2 Å². The predicted molar refractivity (Wildman–Crippen MR) is 76.5 cm³/mol. The van der Waals surface area contributed by atoms with Gasteiger partial charge in [0.05, 0.1) is 11.4 Å². The van der Waals surface area contributed by atoms with Crippen molar-refractivity contribution < 1.29 is 18.3 Å². The second-order valence-corrected chi connectivity index (χ2v) is 7.26. The maximum atomic E-state index is 12.6. The van der Waals surface area contributed by atoms with Crippen LogP contribution in [-0.4, -0.2) is 34.8 Å². The first-order valence-electron chi connectivity index (χ1n) is 7.00. The molecule has 0 radical (unpaired) electrons. The van der Waals surface area contributed by atoms with Gasteiger partial charge in [-0.1, -0.05) is 6.92 Å². The Bertz CT molecular complexity index is 654. The summed E-state index contributed by atoms with van der Waals surface area (Å²) in [5.41, 5.74) is 0.326. The topological polar surface area (TPSA) is 101 Å². The van der Waals surface area contributed by atoms with Crippen LogP contribution < -0.4 is 4.72 Å². The third kappa shape index (κ3) is 2.96. The number of nitrogens with zero attached hydrogens (tertiary/aromatic N) is 2. The van der Waals surface area contributed by atoms with Crippen molar-refractivity contribution in [1.82, 2.24) is 14.5 Å². The number of aryl methyl sites for hydroxylation is 1. The first-order chi connectivity index (χ1) is 9.71. The number of carboxylic acid groups (broad SMARTS) is 1. The van der Waals surface area contributed by atoms with Crippen molar-refractivity contribution in [3.63, 3.8) is 0 Å². The van der Waals surface area contributed by atoms with E-state index in [4.69, 9.17) is 5.11 Å². The molecule has 8 heteroatoms. The van der Waals surface area contributed by atoms with Gasteiger partial charge in [0.1, 0.15) is 11.4 Å². The molecule has 0 unspecified atom stereocenters. The van der Waals surface area contributed by atoms with Crippen LogP contribution in [0.2, 0.25) is 0 Å². The number of nitrogens with one attached hydrogen (secondary N) is 1. The molecule has 2 N–H and O–H groups in total. The normalized spacial score (nSPS) is 17.5. The Kier molecular flexibility index (Phi) is 4.12. The number of hydrogen-bond acceptors (Lipinski definition) is 4. The number of aliphatic carboxylic acids is 1. The van der Waals surface area contributed by atoms with Gasteiger partial charge in [-0.15, -0.1) is 0 Å². The number of sulfonamides is 1. The first-order valence-corrected chi connectivity index (χ1v) is 8.49. The molecule has 0 spiro atoms. The van der Waals surface area contributed by atoms with Crippen LogP contribution in [-0.2, 0) is 21.4 Å². The summed E-state index contributed by atoms with van der Waals surface area (Å²) in [7, 11) is -3.69. The fourth-order valence-electron chi connectivity index (χ4n) is 2.82. The average Bonchev–Trinajstić information content (AvgIpc) is 2.59. The first kappa shape index (κ1) is 16.0. The van der Waals surface area contributed by atoms with Crippen LogP contribution in [0, 0.1) is 13.8 Å². The van der Waals surface area contributed by atoms with Gasteiger partial charge in [-0.2, -0.15) is 5.10 Å². The Morgan fingerprint density at radius 1 is 1.43 bits per heavy atom. The third-order valence-electron chi connectivity index (χ3n) is 4.21. The minimum absolute atomic E-state index is 0.100. The molecular formula is C13H21N3O4S. The van der Waals surface area contributed by atoms with Gasteiger partial charge >= 0.3 is 5.97 Å². The maximum Gasteiger partial charge on any atom is 0.325 e. The monoisotopic (exact) mass is 315 g/mol. The van der Waals surface area contributed by atoms with Gasteiger partial charge < -0.3 is 5.11 Å². The number of carboxylic acids is 1. The maximum absolute atomic E-state index is 12.6. The molecule has 0 aliphatic heterocycles. The largest absolute Gasteiger partial charge is 0.480 e. The number of hydrogen-bond donors (Lipinski definition) is 2. The van der Waals surface area contributed by atoms with E-state index in [0.29, 0.717) is 11.4 Å². The molecule has 1 aromatic heterocycles. The molecule has 0 bridgehead atoms. The summed E-state index contributed by atoms with van der Waals surface area (Å²) in [5, 5.41) is 12.9. The van der Waals surface area contributed by atoms with Crippen LogP contribution in [0.15, 0.2) is 4.90 Å². The second kappa shape index (κ2) is 5.42. The van der Waals surface area contributed by atoms with E-state index in [1.807, 2.05) is 6.92 Å². The van der Waals surface area contributed by atoms with Crippen molar-refractivity contribution in [3.8, 4) is 0 Å². The van der Waals surface area contributed by atoms with Crippen molar-refractivity contribution >= 4 is 16.0 Å². The van der Waals surface area contributed by atoms with Gasteiger partial charge in [0.25, 0.3) is 0 Å². The van der Waals surface area contributed by atoms with Gasteiger partial charge in [-0.3, -0.25) is 9.48 Å². The summed E-state index contributed by atoms with van der Waals surface area (Å²) in [6, 6.07) is 0. The Hall–Kier alpha value is -1.41. The molecule has 0 atom stereocenters. The molecule has 1 fully saturated rings. The highest BCUT2D eigenvalue weighted by molar-refractivity contribution is 7.89. The molecule has 7 nitrogen and oxygen atoms in total. The van der Waals surface area contributed by atoms with E-state index >= 15 is 0 Å². The van der Waals surface area contributed by atoms with E-state index in [0.717, 1.165) is 25.7 Å². The zero-order valence-corrected chi connectivity index (χ0v) is 13.3. The SMILES string of the molecule is CCC1(NS(=O)(=O)c2c(C)nn(CC(=O)O)c2C)CCC1. The molecule has 0 saturated heterocycles. The lowest BCUT2D eigenvalue weighted by Crippen LogP contribution is -2.52. The van der Waals surface area contributed by atoms with Crippen LogP contribution in [0.25, 0.3) is 0 Å². The van der Waals surface area contributed by atoms with E-state index in [1.54, 1.807) is 13.8 Å². The molecule has 21 heavy (non-hydrogen) atoms. The van der Waals surface area contributed by atoms with Crippen molar-refractivity contribution in [1.29, 1.82) is 0 Å². The zero-order chi connectivity index (χ0) is 15.8. The third-order valence-corrected chi connectivity index (χ3v) is 6.04. The summed E-state index contributed by atoms with van der Waals surface area (Å²) in [5.74, 6) is -1.05. The Morgan fingerprint density at radius 3 is 2.48 bits per heavy atom. The fraction of sp³-hybridized carbons (Fsp3) is 0.692. The number of aromatic nitrogens is 2. The molecule has 0 aromatic carbocycles. The molecule has 1 heterocycles. The van der Waals surface area contributed by atoms with E-state index in [-0.39, 0.29) is 17.0 Å². The van der Waals surface area contributed by atoms with Gasteiger partial charge in [-0.25, -0.2) is 13.1 Å². The smallest absolute Gasteiger partial charge is 0.325 e. The van der Waals surface area contributed by atoms with E-state index in [1.165, 1.54) is 4.68 Å². The lowest BCUT2D eigenvalue weighted by molar-refractivity contribution is -0.137. The van der Waals surface area contributed by atoms with Crippen molar-refractivity contribution in [2.75, 3.05) is 0 Å². The number of carbonyl (C=O) groups is 1. The van der Waals surface area contributed by atoms with Gasteiger partial charge in [0.2, 0.25) is 10.0 Å². The Balaban J connectivity index is 2.36. The number of rotatable bonds is 6. The molecular weight excluding hydrogens is 294 g/mol. The summed E-state index contributed by atoms with van der Waals surface area (Å²) in [6.45, 7) is 4.78. The molecule has 1 saturated carbocycles. The van der Waals surface area contributed by atoms with Crippen LogP contribution in [0.3, 0.4) is 0 Å². The highest BCUT2D eigenvalue weighted by Gasteiger charge is 2.40. The van der Waals surface area contributed by atoms with Crippen molar-refractivity contribution in [3.05, 3.63) is 11.4 Å². The zero-order valence-electron chi connectivity index (χ0n) is 12.5. The Labute approximate surface area is 124 Å². The summed E-state index contributed by atoms with van der Waals surface area (Å²) in [6.07, 6.45) is 3.44. The highest BCUT2D eigenvalue weighted by atomic mass is 32.2. The van der Waals surface area contributed by atoms with E-state index in [2.05, 4.69) is 9.82 Å². The molecule has 0 amide bonds. The lowest BCUT2D eigenvalue weighted by Gasteiger charge is -2.41. The van der Waals surface area contributed by atoms with Crippen molar-refractivity contribution in [2.24, 2.45) is 0 Å². The average molecular weight is 315 g/mol. The Morgan fingerprint density at radius 2 is 2.05 bits per heavy atom. The molecule has 118 valence electrons. The van der Waals surface area contributed by atoms with Crippen LogP contribution in [0.5, 0.6) is 0 Å². The van der Waals surface area contributed by atoms with Crippen LogP contribution in [0.1, 0.15) is 44.0 Å².